The summed E-state index contributed by atoms with van der Waals surface area (Å²) in [5, 5.41) is 19.5. The van der Waals surface area contributed by atoms with Crippen LogP contribution in [0.25, 0.3) is 0 Å². The number of carbonyl (C=O) groups is 2. The second-order valence-corrected chi connectivity index (χ2v) is 26.7. The highest BCUT2D eigenvalue weighted by Gasteiger charge is 2.55. The highest BCUT2D eigenvalue weighted by Crippen LogP contribution is 2.63. The topological polar surface area (TPSA) is 74.6 Å². The van der Waals surface area contributed by atoms with Crippen molar-refractivity contribution in [3.05, 3.63) is 119 Å². The molecule has 0 amide bonds. The minimum Gasteiger partial charge on any atom is -0.508 e. The molecule has 0 aliphatic heterocycles. The van der Waals surface area contributed by atoms with Gasteiger partial charge in [-0.2, -0.15) is 0 Å². The summed E-state index contributed by atoms with van der Waals surface area (Å²) < 4.78 is 0. The van der Waals surface area contributed by atoms with Crippen LogP contribution in [-0.4, -0.2) is 21.8 Å². The van der Waals surface area contributed by atoms with Crippen molar-refractivity contribution in [1.82, 2.24) is 0 Å². The first-order valence-electron chi connectivity index (χ1n) is 33.5. The molecule has 0 aromatic heterocycles. The van der Waals surface area contributed by atoms with Crippen LogP contribution < -0.4 is 0 Å². The van der Waals surface area contributed by atoms with Crippen molar-refractivity contribution in [1.29, 1.82) is 0 Å². The number of aryl methyl sites for hydroxylation is 2. The van der Waals surface area contributed by atoms with Crippen LogP contribution >= 0.6 is 0 Å². The van der Waals surface area contributed by atoms with E-state index in [0.29, 0.717) is 52.2 Å². The summed E-state index contributed by atoms with van der Waals surface area (Å²) in [6.45, 7) is 29.7. The van der Waals surface area contributed by atoms with E-state index in [4.69, 9.17) is 0 Å². The van der Waals surface area contributed by atoms with Crippen LogP contribution in [0.4, 0.5) is 0 Å². The van der Waals surface area contributed by atoms with E-state index in [1.807, 2.05) is 43.3 Å². The van der Waals surface area contributed by atoms with E-state index in [1.165, 1.54) is 145 Å². The quantitative estimate of drug-likeness (QED) is 0.233. The molecule has 7 saturated carbocycles. The van der Waals surface area contributed by atoms with E-state index in [9.17, 15) is 19.8 Å². The zero-order valence-electron chi connectivity index (χ0n) is 53.1. The number of fused-ring (bicyclic) bond motifs is 10. The van der Waals surface area contributed by atoms with Crippen LogP contribution in [0.1, 0.15) is 290 Å². The Bertz CT molecular complexity index is 2280. The number of phenolic OH excluding ortho intramolecular Hbond substituents is 2. The van der Waals surface area contributed by atoms with Crippen molar-refractivity contribution in [2.45, 2.75) is 280 Å². The van der Waals surface area contributed by atoms with Gasteiger partial charge in [-0.15, -0.1) is 13.2 Å². The Kier molecular flexibility index (Phi) is 28.4. The van der Waals surface area contributed by atoms with Crippen LogP contribution in [0, 0.1) is 52.3 Å². The molecule has 6 unspecified atom stereocenters. The fourth-order valence-corrected chi connectivity index (χ4v) is 16.2. The third-order valence-corrected chi connectivity index (χ3v) is 21.1. The largest absolute Gasteiger partial charge is 0.508 e. The Balaban J connectivity index is 0.000000186. The molecule has 7 fully saturated rings. The molecule has 2 aromatic carbocycles. The summed E-state index contributed by atoms with van der Waals surface area (Å²) >= 11 is 0. The summed E-state index contributed by atoms with van der Waals surface area (Å²) in [6, 6.07) is 12.0. The maximum atomic E-state index is 12.3. The van der Waals surface area contributed by atoms with Gasteiger partial charge in [-0.05, 0) is 253 Å². The molecule has 4 heteroatoms. The molecule has 0 bridgehead atoms. The maximum Gasteiger partial charge on any atom is 0.139 e. The third kappa shape index (κ3) is 18.0. The molecule has 0 heterocycles. The molecular weight excluding hydrogens is 977 g/mol. The number of ketones is 2. The molecular formula is C76H118O4. The number of rotatable bonds is 10. The summed E-state index contributed by atoms with van der Waals surface area (Å²) in [5.41, 5.74) is 11.4. The second-order valence-electron chi connectivity index (χ2n) is 26.7. The Morgan fingerprint density at radius 3 is 1.30 bits per heavy atom. The van der Waals surface area contributed by atoms with Crippen molar-refractivity contribution in [2.75, 3.05) is 0 Å². The molecule has 9 aliphatic rings. The smallest absolute Gasteiger partial charge is 0.139 e. The summed E-state index contributed by atoms with van der Waals surface area (Å²) in [7, 11) is 0. The molecule has 4 nitrogen and oxygen atoms in total. The molecule has 80 heavy (non-hydrogen) atoms. The van der Waals surface area contributed by atoms with Crippen molar-refractivity contribution in [3.8, 4) is 11.5 Å². The molecule has 9 aliphatic carbocycles. The standard InChI is InChI=1S/C22H30O.C18H22O2.2C10H18.C6H10O.2C5H10/c1-3-4-5-16-7-11-21-20-9-6-15-14-17(23)8-10-18(15)19(20)12-13-22(16,21)2;1-18-9-8-14-13-5-3-12(19)10-11(13)2-4-15(14)16(18)6-7-17(18)20;2*1-3-4-7-10-8-5-6-9(10)2;1-5-3-2-4-6(5)7;2*1-3-5-4-2/h5,8,10,14,19-21,23H,3-4,6-7,9,11-13H2,1-2H3;3,5,10,14-16,19H,2,4,6-9H2,1H3;2*7,9H,3-6,8H2,1-2H3;5H,2-4H2,1H3;2*3H,1,4-5H2,2H3/b16-5-;;2*10-7-;;;/t19?,20?,21?,22-;14?,15?,16?,18-;2*9-;5-;;/m10111../s1. The fraction of sp³-hybridized carbons (Fsp3) is 0.684. The molecule has 446 valence electrons. The van der Waals surface area contributed by atoms with Crippen molar-refractivity contribution < 1.29 is 19.8 Å². The van der Waals surface area contributed by atoms with Gasteiger partial charge in [0.1, 0.15) is 23.1 Å². The number of aromatic hydroxyl groups is 2. The molecule has 2 aromatic rings. The van der Waals surface area contributed by atoms with Crippen LogP contribution in [0.5, 0.6) is 11.5 Å². The Labute approximate surface area is 491 Å². The van der Waals surface area contributed by atoms with Crippen molar-refractivity contribution in [2.24, 2.45) is 52.3 Å². The van der Waals surface area contributed by atoms with Gasteiger partial charge in [0.15, 0.2) is 0 Å². The molecule has 0 spiro atoms. The van der Waals surface area contributed by atoms with E-state index in [2.05, 4.69) is 106 Å². The van der Waals surface area contributed by atoms with Gasteiger partial charge in [-0.25, -0.2) is 0 Å². The minimum absolute atomic E-state index is 0.0322. The third-order valence-electron chi connectivity index (χ3n) is 21.1. The van der Waals surface area contributed by atoms with E-state index in [1.54, 1.807) is 22.3 Å². The zero-order chi connectivity index (χ0) is 58.2. The van der Waals surface area contributed by atoms with Gasteiger partial charge in [0, 0.05) is 24.2 Å². The van der Waals surface area contributed by atoms with Gasteiger partial charge in [0.2, 0.25) is 0 Å². The summed E-state index contributed by atoms with van der Waals surface area (Å²) in [6.07, 6.45) is 49.6. The normalized spacial score (nSPS) is 31.6. The predicted molar refractivity (Wildman–Crippen MR) is 344 cm³/mol. The number of hydrogen-bond donors (Lipinski definition) is 2. The second kappa shape index (κ2) is 34.0. The minimum atomic E-state index is -0.0322. The number of hydrogen-bond acceptors (Lipinski definition) is 4. The summed E-state index contributed by atoms with van der Waals surface area (Å²) in [5.74, 6) is 8.33. The first-order chi connectivity index (χ1) is 38.5. The Hall–Kier alpha value is -3.92. The number of benzene rings is 2. The van der Waals surface area contributed by atoms with E-state index < -0.39 is 0 Å². The fourth-order valence-electron chi connectivity index (χ4n) is 16.2. The van der Waals surface area contributed by atoms with Gasteiger partial charge < -0.3 is 10.2 Å². The Morgan fingerprint density at radius 1 is 0.487 bits per heavy atom. The van der Waals surface area contributed by atoms with E-state index >= 15 is 0 Å². The molecule has 11 rings (SSSR count). The number of carbonyl (C=O) groups excluding carboxylic acids is 2. The first-order valence-corrected chi connectivity index (χ1v) is 33.5. The zero-order valence-corrected chi connectivity index (χ0v) is 53.1. The lowest BCUT2D eigenvalue weighted by Crippen LogP contribution is -2.42. The van der Waals surface area contributed by atoms with Crippen LogP contribution in [0.2, 0.25) is 0 Å². The molecule has 11 atom stereocenters. The first kappa shape index (κ1) is 66.9. The molecule has 0 radical (unpaired) electrons. The monoisotopic (exact) mass is 1090 g/mol. The maximum absolute atomic E-state index is 12.3. The SMILES string of the molecule is C=CCCC.C=CCCC.CCC/C=C1/CCC2C3CCc4cc(O)ccc4C3CC[C@]12C.CCC/C=C1/CCC[C@H]1C.CCC/C=C1/CCC[C@H]1C.C[C@@H]1CCCC1=O.C[C@]12CCC3c4ccc(O)cc4CCC3C1CCC2=O. The number of phenols is 2. The predicted octanol–water partition coefficient (Wildman–Crippen LogP) is 22.2. The summed E-state index contributed by atoms with van der Waals surface area (Å²) in [4.78, 5) is 22.8. The van der Waals surface area contributed by atoms with Gasteiger partial charge in [0.05, 0.1) is 0 Å². The average Bonchev–Trinajstić information content (AvgIpc) is 4.32. The average molecular weight is 1100 g/mol. The van der Waals surface area contributed by atoms with Gasteiger partial charge in [-0.1, -0.05) is 161 Å². The lowest BCUT2D eigenvalue weighted by atomic mass is 9.55. The molecule has 0 saturated heterocycles. The lowest BCUT2D eigenvalue weighted by Gasteiger charge is -2.49. The van der Waals surface area contributed by atoms with Gasteiger partial charge in [-0.3, -0.25) is 9.59 Å². The molecule has 2 N–H and O–H groups in total. The van der Waals surface area contributed by atoms with E-state index in [0.717, 1.165) is 100 Å². The number of allylic oxidation sites excluding steroid dienone is 8. The van der Waals surface area contributed by atoms with Crippen molar-refractivity contribution in [3.63, 3.8) is 0 Å². The Morgan fingerprint density at radius 2 is 0.912 bits per heavy atom. The van der Waals surface area contributed by atoms with E-state index in [-0.39, 0.29) is 5.41 Å². The van der Waals surface area contributed by atoms with Crippen molar-refractivity contribution >= 4 is 11.6 Å². The van der Waals surface area contributed by atoms with Gasteiger partial charge >= 0.3 is 0 Å². The highest BCUT2D eigenvalue weighted by atomic mass is 16.3. The highest BCUT2D eigenvalue weighted by molar-refractivity contribution is 5.87. The van der Waals surface area contributed by atoms with Crippen LogP contribution in [0.3, 0.4) is 0 Å². The number of unbranched alkanes of at least 4 members (excludes halogenated alkanes) is 5. The van der Waals surface area contributed by atoms with Crippen LogP contribution in [0.15, 0.2) is 96.7 Å². The van der Waals surface area contributed by atoms with Crippen LogP contribution in [-0.2, 0) is 22.4 Å². The lowest BCUT2D eigenvalue weighted by molar-refractivity contribution is -0.129. The number of Topliss-reactive ketones (excluding diaryl/α,β-unsaturated/α-hetero) is 2. The van der Waals surface area contributed by atoms with Gasteiger partial charge in [0.25, 0.3) is 0 Å².